The molecular weight excluding hydrogens is 198 g/mol. The summed E-state index contributed by atoms with van der Waals surface area (Å²) < 4.78 is 0. The lowest BCUT2D eigenvalue weighted by atomic mass is 9.98. The van der Waals surface area contributed by atoms with Crippen LogP contribution < -0.4 is 5.73 Å². The second-order valence-corrected chi connectivity index (χ2v) is 4.82. The van der Waals surface area contributed by atoms with Gasteiger partial charge < -0.3 is 5.73 Å². The highest BCUT2D eigenvalue weighted by Crippen LogP contribution is 2.27. The highest BCUT2D eigenvalue weighted by molar-refractivity contribution is 5.19. The van der Waals surface area contributed by atoms with Gasteiger partial charge in [0.05, 0.1) is 6.04 Å². The van der Waals surface area contributed by atoms with Crippen molar-refractivity contribution in [3.05, 3.63) is 29.6 Å². The number of nitrogens with zero attached hydrogens (tertiary/aromatic N) is 2. The van der Waals surface area contributed by atoms with Crippen LogP contribution in [-0.2, 0) is 0 Å². The average molecular weight is 219 g/mol. The first-order chi connectivity index (χ1) is 7.68. The lowest BCUT2D eigenvalue weighted by molar-refractivity contribution is 0.229. The van der Waals surface area contributed by atoms with E-state index in [0.29, 0.717) is 6.04 Å². The Balaban J connectivity index is 2.24. The van der Waals surface area contributed by atoms with Crippen LogP contribution in [0.25, 0.3) is 0 Å². The molecule has 0 aromatic carbocycles. The number of hydrogen-bond acceptors (Lipinski definition) is 3. The molecule has 0 bridgehead atoms. The van der Waals surface area contributed by atoms with E-state index in [4.69, 9.17) is 5.73 Å². The van der Waals surface area contributed by atoms with Crippen molar-refractivity contribution >= 4 is 0 Å². The Kier molecular flexibility index (Phi) is 3.56. The summed E-state index contributed by atoms with van der Waals surface area (Å²) in [5.74, 6) is 0. The van der Waals surface area contributed by atoms with Crippen molar-refractivity contribution in [3.63, 3.8) is 0 Å². The number of likely N-dealkylation sites (N-methyl/N-ethyl adjacent to an activating group) is 1. The third-order valence-electron chi connectivity index (χ3n) is 3.45. The number of aromatic nitrogens is 1. The summed E-state index contributed by atoms with van der Waals surface area (Å²) in [6.07, 6.45) is 5.58. The van der Waals surface area contributed by atoms with Gasteiger partial charge in [-0.25, -0.2) is 0 Å². The Morgan fingerprint density at radius 1 is 1.38 bits per heavy atom. The van der Waals surface area contributed by atoms with Crippen molar-refractivity contribution in [1.29, 1.82) is 0 Å². The van der Waals surface area contributed by atoms with E-state index < -0.39 is 0 Å². The summed E-state index contributed by atoms with van der Waals surface area (Å²) in [7, 11) is 2.16. The molecule has 2 unspecified atom stereocenters. The molecule has 1 fully saturated rings. The Bertz CT molecular complexity index is 322. The summed E-state index contributed by atoms with van der Waals surface area (Å²) in [5.41, 5.74) is 8.59. The number of aryl methyl sites for hydroxylation is 1. The van der Waals surface area contributed by atoms with E-state index >= 15 is 0 Å². The lowest BCUT2D eigenvalue weighted by Gasteiger charge is -2.30. The Morgan fingerprint density at radius 3 is 2.88 bits per heavy atom. The molecule has 1 aliphatic rings. The number of nitrogens with two attached hydrogens (primary N) is 1. The molecule has 0 amide bonds. The minimum atomic E-state index is 0.233. The van der Waals surface area contributed by atoms with E-state index in [1.807, 2.05) is 13.1 Å². The van der Waals surface area contributed by atoms with E-state index in [0.717, 1.165) is 18.7 Å². The van der Waals surface area contributed by atoms with Gasteiger partial charge in [-0.1, -0.05) is 12.5 Å². The number of pyridine rings is 1. The van der Waals surface area contributed by atoms with Gasteiger partial charge in [0, 0.05) is 17.9 Å². The van der Waals surface area contributed by atoms with E-state index in [9.17, 15) is 0 Å². The van der Waals surface area contributed by atoms with Crippen LogP contribution in [0.3, 0.4) is 0 Å². The Labute approximate surface area is 97.7 Å². The van der Waals surface area contributed by atoms with E-state index in [1.54, 1.807) is 0 Å². The van der Waals surface area contributed by atoms with Gasteiger partial charge in [-0.3, -0.25) is 9.88 Å². The third kappa shape index (κ3) is 2.42. The van der Waals surface area contributed by atoms with E-state index in [1.165, 1.54) is 18.4 Å². The summed E-state index contributed by atoms with van der Waals surface area (Å²) >= 11 is 0. The monoisotopic (exact) mass is 219 g/mol. The van der Waals surface area contributed by atoms with Gasteiger partial charge in [0.1, 0.15) is 0 Å². The maximum atomic E-state index is 6.27. The Hall–Kier alpha value is -0.930. The quantitative estimate of drug-likeness (QED) is 0.784. The molecule has 3 heteroatoms. The predicted octanol–water partition coefficient (Wildman–Crippen LogP) is 1.87. The molecule has 1 aromatic rings. The van der Waals surface area contributed by atoms with Crippen molar-refractivity contribution in [2.24, 2.45) is 5.73 Å². The van der Waals surface area contributed by atoms with Crippen molar-refractivity contribution < 1.29 is 0 Å². The SMILES string of the molecule is Cc1ccc(C2C(N)CCCCN2C)cn1. The van der Waals surface area contributed by atoms with Crippen molar-refractivity contribution in [1.82, 2.24) is 9.88 Å². The van der Waals surface area contributed by atoms with Gasteiger partial charge in [0.15, 0.2) is 0 Å². The van der Waals surface area contributed by atoms with Crippen LogP contribution in [0, 0.1) is 6.92 Å². The van der Waals surface area contributed by atoms with Crippen molar-refractivity contribution in [2.75, 3.05) is 13.6 Å². The molecule has 2 rings (SSSR count). The fourth-order valence-electron chi connectivity index (χ4n) is 2.52. The van der Waals surface area contributed by atoms with Crippen LogP contribution in [0.15, 0.2) is 18.3 Å². The topological polar surface area (TPSA) is 42.1 Å². The summed E-state index contributed by atoms with van der Waals surface area (Å²) in [6.45, 7) is 3.15. The molecule has 0 radical (unpaired) electrons. The molecule has 1 aromatic heterocycles. The molecule has 0 saturated carbocycles. The maximum absolute atomic E-state index is 6.27. The minimum absolute atomic E-state index is 0.233. The van der Waals surface area contributed by atoms with E-state index in [-0.39, 0.29) is 6.04 Å². The van der Waals surface area contributed by atoms with Gasteiger partial charge in [-0.05, 0) is 45.0 Å². The molecule has 2 atom stereocenters. The van der Waals surface area contributed by atoms with Gasteiger partial charge >= 0.3 is 0 Å². The standard InChI is InChI=1S/C13H21N3/c1-10-6-7-11(9-15-10)13-12(14)5-3-4-8-16(13)2/h6-7,9,12-13H,3-5,8,14H2,1-2H3. The zero-order valence-corrected chi connectivity index (χ0v) is 10.2. The van der Waals surface area contributed by atoms with Gasteiger partial charge in [0.2, 0.25) is 0 Å². The van der Waals surface area contributed by atoms with Crippen LogP contribution in [-0.4, -0.2) is 29.5 Å². The van der Waals surface area contributed by atoms with Gasteiger partial charge in [0.25, 0.3) is 0 Å². The predicted molar refractivity (Wildman–Crippen MR) is 66.2 cm³/mol. The highest BCUT2D eigenvalue weighted by Gasteiger charge is 2.26. The average Bonchev–Trinajstić information content (AvgIpc) is 2.42. The molecule has 3 nitrogen and oxygen atoms in total. The summed E-state index contributed by atoms with van der Waals surface area (Å²) in [4.78, 5) is 6.74. The largest absolute Gasteiger partial charge is 0.326 e. The highest BCUT2D eigenvalue weighted by atomic mass is 15.1. The van der Waals surface area contributed by atoms with Crippen molar-refractivity contribution in [2.45, 2.75) is 38.3 Å². The number of rotatable bonds is 1. The van der Waals surface area contributed by atoms with Gasteiger partial charge in [-0.2, -0.15) is 0 Å². The fraction of sp³-hybridized carbons (Fsp3) is 0.615. The zero-order chi connectivity index (χ0) is 11.5. The zero-order valence-electron chi connectivity index (χ0n) is 10.2. The van der Waals surface area contributed by atoms with Gasteiger partial charge in [-0.15, -0.1) is 0 Å². The van der Waals surface area contributed by atoms with Crippen LogP contribution in [0.5, 0.6) is 0 Å². The first-order valence-electron chi connectivity index (χ1n) is 6.07. The maximum Gasteiger partial charge on any atom is 0.0511 e. The molecule has 16 heavy (non-hydrogen) atoms. The number of hydrogen-bond donors (Lipinski definition) is 1. The fourth-order valence-corrected chi connectivity index (χ4v) is 2.52. The molecule has 88 valence electrons. The molecule has 0 aliphatic carbocycles. The molecule has 2 heterocycles. The van der Waals surface area contributed by atoms with Crippen molar-refractivity contribution in [3.8, 4) is 0 Å². The van der Waals surface area contributed by atoms with Crippen LogP contribution in [0.2, 0.25) is 0 Å². The van der Waals surface area contributed by atoms with Crippen LogP contribution in [0.4, 0.5) is 0 Å². The first-order valence-corrected chi connectivity index (χ1v) is 6.07. The smallest absolute Gasteiger partial charge is 0.0511 e. The second-order valence-electron chi connectivity index (χ2n) is 4.82. The summed E-state index contributed by atoms with van der Waals surface area (Å²) in [6, 6.07) is 4.79. The van der Waals surface area contributed by atoms with Crippen LogP contribution in [0.1, 0.15) is 36.6 Å². The second kappa shape index (κ2) is 4.93. The molecule has 0 spiro atoms. The molecule has 2 N–H and O–H groups in total. The number of likely N-dealkylation sites (tertiary alicyclic amines) is 1. The molecular formula is C13H21N3. The molecule has 1 saturated heterocycles. The molecule has 1 aliphatic heterocycles. The summed E-state index contributed by atoms with van der Waals surface area (Å²) in [5, 5.41) is 0. The van der Waals surface area contributed by atoms with E-state index in [2.05, 4.69) is 29.1 Å². The minimum Gasteiger partial charge on any atom is -0.326 e. The Morgan fingerprint density at radius 2 is 2.19 bits per heavy atom. The normalized spacial score (nSPS) is 27.7. The van der Waals surface area contributed by atoms with Crippen LogP contribution >= 0.6 is 0 Å². The third-order valence-corrected chi connectivity index (χ3v) is 3.45. The lowest BCUT2D eigenvalue weighted by Crippen LogP contribution is -2.37. The first kappa shape index (κ1) is 11.6.